The number of thioether (sulfide) groups is 1. The van der Waals surface area contributed by atoms with Gasteiger partial charge in [0.05, 0.1) is 18.1 Å². The fourth-order valence-electron chi connectivity index (χ4n) is 3.42. The lowest BCUT2D eigenvalue weighted by Crippen LogP contribution is -2.69. The number of amides is 1. The van der Waals surface area contributed by atoms with Crippen LogP contribution in [0.3, 0.4) is 0 Å². The summed E-state index contributed by atoms with van der Waals surface area (Å²) in [5, 5.41) is 0.0142. The molecule has 1 aliphatic heterocycles. The van der Waals surface area contributed by atoms with Crippen LogP contribution in [-0.2, 0) is 23.5 Å². The highest BCUT2D eigenvalue weighted by Crippen LogP contribution is 2.43. The normalized spacial score (nSPS) is 21.9. The number of ether oxygens (including phenoxy) is 1. The lowest BCUT2D eigenvalue weighted by molar-refractivity contribution is -0.174. The van der Waals surface area contributed by atoms with Crippen molar-refractivity contribution in [2.45, 2.75) is 90.4 Å². The number of hydrogen-bond acceptors (Lipinski definition) is 6. The molecule has 1 fully saturated rings. The third-order valence-corrected chi connectivity index (χ3v) is 11.8. The lowest BCUT2D eigenvalue weighted by Gasteiger charge is -2.52. The molecule has 0 unspecified atom stereocenters. The summed E-state index contributed by atoms with van der Waals surface area (Å²) in [6.45, 7) is 23.9. The van der Waals surface area contributed by atoms with Gasteiger partial charge in [0.25, 0.3) is 0 Å². The highest BCUT2D eigenvalue weighted by Gasteiger charge is 2.56. The third kappa shape index (κ3) is 7.19. The number of carbonyl (C=O) groups is 3. The molecule has 0 N–H and O–H groups in total. The van der Waals surface area contributed by atoms with Gasteiger partial charge >= 0.3 is 5.97 Å². The summed E-state index contributed by atoms with van der Waals surface area (Å²) in [4.78, 5) is 39.7. The maximum Gasteiger partial charge on any atom is 0.325 e. The zero-order valence-corrected chi connectivity index (χ0v) is 22.7. The topological polar surface area (TPSA) is 72.9 Å². The molecule has 0 spiro atoms. The highest BCUT2D eigenvalue weighted by atomic mass is 32.2. The predicted molar refractivity (Wildman–Crippen MR) is 129 cm³/mol. The summed E-state index contributed by atoms with van der Waals surface area (Å²) < 4.78 is 11.3. The summed E-state index contributed by atoms with van der Waals surface area (Å²) in [7, 11) is -2.11. The number of hydrogen-bond donors (Lipinski definition) is 0. The zero-order valence-electron chi connectivity index (χ0n) is 20.9. The van der Waals surface area contributed by atoms with E-state index in [0.717, 1.165) is 0 Å². The zero-order chi connectivity index (χ0) is 24.4. The van der Waals surface area contributed by atoms with E-state index in [2.05, 4.69) is 40.4 Å². The molecule has 1 rings (SSSR count). The van der Waals surface area contributed by atoms with Gasteiger partial charge in [-0.25, -0.2) is 0 Å². The minimum atomic E-state index is -2.11. The number of rotatable bonds is 9. The minimum Gasteiger partial charge on any atom is -0.460 e. The van der Waals surface area contributed by atoms with Crippen molar-refractivity contribution in [3.8, 4) is 0 Å². The van der Waals surface area contributed by atoms with E-state index in [9.17, 15) is 14.4 Å². The quantitative estimate of drug-likeness (QED) is 0.211. The Kier molecular flexibility index (Phi) is 9.19. The van der Waals surface area contributed by atoms with E-state index in [1.165, 1.54) is 22.7 Å². The first-order valence-electron chi connectivity index (χ1n) is 10.9. The van der Waals surface area contributed by atoms with E-state index in [1.54, 1.807) is 0 Å². The van der Waals surface area contributed by atoms with Crippen molar-refractivity contribution in [3.63, 3.8) is 0 Å². The standard InChI is InChI=1S/C23H41NO5SSi/c1-12-13-28-17(25)14-24-19(15(2)21(27)30-22(4,5)6)18(20(24)26)16(3)29-31(10,11)23(7,8)9/h12,15-16,18-19H,1,13-14H2,2-11H3/t15-,16-,18-,19-/m1/s1. The lowest BCUT2D eigenvalue weighted by atomic mass is 9.77. The Labute approximate surface area is 193 Å². The van der Waals surface area contributed by atoms with Crippen LogP contribution in [0.2, 0.25) is 18.1 Å². The minimum absolute atomic E-state index is 0.00124. The van der Waals surface area contributed by atoms with Crippen LogP contribution in [0.4, 0.5) is 0 Å². The van der Waals surface area contributed by atoms with Crippen molar-refractivity contribution in [3.05, 3.63) is 12.7 Å². The van der Waals surface area contributed by atoms with Gasteiger partial charge in [0, 0.05) is 10.7 Å². The van der Waals surface area contributed by atoms with Crippen LogP contribution in [-0.4, -0.2) is 60.3 Å². The van der Waals surface area contributed by atoms with Crippen molar-refractivity contribution in [1.29, 1.82) is 0 Å². The van der Waals surface area contributed by atoms with Gasteiger partial charge in [-0.2, -0.15) is 0 Å². The second-order valence-corrected chi connectivity index (χ2v) is 17.4. The van der Waals surface area contributed by atoms with Crippen molar-refractivity contribution in [1.82, 2.24) is 4.90 Å². The molecule has 1 amide bonds. The molecule has 1 heterocycles. The van der Waals surface area contributed by atoms with E-state index in [-0.39, 0.29) is 40.1 Å². The Hall–Kier alpha value is -1.12. The molecular formula is C23H41NO5SSi. The molecule has 0 aliphatic carbocycles. The second kappa shape index (κ2) is 10.2. The number of esters is 1. The maximum atomic E-state index is 13.1. The average Bonchev–Trinajstić information content (AvgIpc) is 2.58. The first-order chi connectivity index (χ1) is 13.9. The number of likely N-dealkylation sites (tertiary alicyclic amines) is 1. The van der Waals surface area contributed by atoms with Crippen LogP contribution in [0, 0.1) is 11.8 Å². The van der Waals surface area contributed by atoms with Crippen LogP contribution < -0.4 is 0 Å². The molecule has 0 saturated carbocycles. The van der Waals surface area contributed by atoms with Gasteiger partial charge in [0.1, 0.15) is 13.2 Å². The van der Waals surface area contributed by atoms with E-state index < -0.39 is 32.2 Å². The molecule has 178 valence electrons. The summed E-state index contributed by atoms with van der Waals surface area (Å²) >= 11 is 1.27. The van der Waals surface area contributed by atoms with Crippen LogP contribution in [0.15, 0.2) is 12.7 Å². The summed E-state index contributed by atoms with van der Waals surface area (Å²) in [6.07, 6.45) is 1.14. The molecule has 6 nitrogen and oxygen atoms in total. The molecular weight excluding hydrogens is 430 g/mol. The molecule has 1 aliphatic rings. The molecule has 0 aromatic heterocycles. The monoisotopic (exact) mass is 471 g/mol. The Bertz CT molecular complexity index is 695. The molecule has 31 heavy (non-hydrogen) atoms. The van der Waals surface area contributed by atoms with Gasteiger partial charge < -0.3 is 14.1 Å². The second-order valence-electron chi connectivity index (χ2n) is 10.9. The fourth-order valence-corrected chi connectivity index (χ4v) is 5.78. The van der Waals surface area contributed by atoms with E-state index >= 15 is 0 Å². The van der Waals surface area contributed by atoms with Crippen molar-refractivity contribution in [2.24, 2.45) is 11.8 Å². The van der Waals surface area contributed by atoms with Gasteiger partial charge in [0.2, 0.25) is 5.91 Å². The highest BCUT2D eigenvalue weighted by molar-refractivity contribution is 8.14. The Balaban J connectivity index is 3.12. The maximum absolute atomic E-state index is 13.1. The van der Waals surface area contributed by atoms with Crippen LogP contribution in [0.5, 0.6) is 0 Å². The fraction of sp³-hybridized carbons (Fsp3) is 0.783. The average molecular weight is 472 g/mol. The molecule has 1 saturated heterocycles. The molecule has 0 aromatic rings. The summed E-state index contributed by atoms with van der Waals surface area (Å²) in [6, 6.07) is -0.397. The smallest absolute Gasteiger partial charge is 0.325 e. The van der Waals surface area contributed by atoms with Gasteiger partial charge in [-0.1, -0.05) is 72.9 Å². The summed E-state index contributed by atoms with van der Waals surface area (Å²) in [5.41, 5.74) is 0. The molecule has 0 bridgehead atoms. The number of carbonyl (C=O) groups excluding carboxylic acids is 3. The third-order valence-electron chi connectivity index (χ3n) is 6.04. The predicted octanol–water partition coefficient (Wildman–Crippen LogP) is 4.65. The molecule has 8 heteroatoms. The van der Waals surface area contributed by atoms with Gasteiger partial charge in [-0.3, -0.25) is 14.4 Å². The number of β-lactam (4-membered cyclic amide) rings is 1. The number of nitrogens with zero attached hydrogens (tertiary/aromatic N) is 1. The Morgan fingerprint density at radius 2 is 1.74 bits per heavy atom. The van der Waals surface area contributed by atoms with Crippen molar-refractivity contribution in [2.75, 3.05) is 13.2 Å². The van der Waals surface area contributed by atoms with E-state index in [0.29, 0.717) is 0 Å². The van der Waals surface area contributed by atoms with Crippen molar-refractivity contribution >= 4 is 37.1 Å². The van der Waals surface area contributed by atoms with Gasteiger partial charge in [0.15, 0.2) is 13.4 Å². The summed E-state index contributed by atoms with van der Waals surface area (Å²) in [5.74, 6) is -1.55. The van der Waals surface area contributed by atoms with Gasteiger partial charge in [-0.05, 0) is 25.1 Å². The molecule has 0 radical (unpaired) electrons. The van der Waals surface area contributed by atoms with Crippen molar-refractivity contribution < 1.29 is 23.5 Å². The van der Waals surface area contributed by atoms with Crippen LogP contribution in [0.1, 0.15) is 55.4 Å². The molecule has 4 atom stereocenters. The van der Waals surface area contributed by atoms with Crippen LogP contribution >= 0.6 is 11.8 Å². The van der Waals surface area contributed by atoms with E-state index in [1.807, 2.05) is 34.6 Å². The first kappa shape index (κ1) is 27.9. The molecule has 0 aromatic carbocycles. The van der Waals surface area contributed by atoms with Gasteiger partial charge in [-0.15, -0.1) is 0 Å². The SMILES string of the molecule is C=CCOC(=O)CN1C(=O)[C@H]([C@@H](C)O[Si](C)(C)C(C)(C)C)[C@H]1[C@@H](C)C(=O)SC(C)(C)C. The Morgan fingerprint density at radius 3 is 2.19 bits per heavy atom. The largest absolute Gasteiger partial charge is 0.460 e. The van der Waals surface area contributed by atoms with E-state index in [4.69, 9.17) is 9.16 Å². The van der Waals surface area contributed by atoms with Crippen LogP contribution in [0.25, 0.3) is 0 Å². The Morgan fingerprint density at radius 1 is 1.19 bits per heavy atom. The first-order valence-corrected chi connectivity index (χ1v) is 14.6.